The fourth-order valence-corrected chi connectivity index (χ4v) is 2.76. The molecular weight excluding hydrogens is 380 g/mol. The van der Waals surface area contributed by atoms with Gasteiger partial charge in [-0.05, 0) is 36.8 Å². The van der Waals surface area contributed by atoms with Crippen LogP contribution in [-0.4, -0.2) is 33.0 Å². The molecule has 0 radical (unpaired) electrons. The molecule has 10 heteroatoms. The first kappa shape index (κ1) is 20.3. The summed E-state index contributed by atoms with van der Waals surface area (Å²) in [7, 11) is -3.49. The molecule has 27 heavy (non-hydrogen) atoms. The zero-order valence-corrected chi connectivity index (χ0v) is 15.3. The first-order valence-electron chi connectivity index (χ1n) is 7.67. The molecular formula is C17H17F2N3O4S. The van der Waals surface area contributed by atoms with E-state index in [1.54, 1.807) is 19.1 Å². The van der Waals surface area contributed by atoms with E-state index in [-0.39, 0.29) is 5.56 Å². The number of sulfonamides is 1. The van der Waals surface area contributed by atoms with Crippen molar-refractivity contribution in [1.29, 1.82) is 0 Å². The Labute approximate surface area is 154 Å². The normalized spacial score (nSPS) is 11.0. The average molecular weight is 397 g/mol. The Morgan fingerprint density at radius 3 is 2.41 bits per heavy atom. The highest BCUT2D eigenvalue weighted by Gasteiger charge is 2.14. The molecule has 2 rings (SSSR count). The quantitative estimate of drug-likeness (QED) is 0.694. The maximum Gasteiger partial charge on any atom is 0.254 e. The van der Waals surface area contributed by atoms with Crippen LogP contribution < -0.4 is 15.4 Å². The van der Waals surface area contributed by atoms with Crippen molar-refractivity contribution in [2.75, 3.05) is 22.8 Å². The lowest BCUT2D eigenvalue weighted by Crippen LogP contribution is -2.33. The smallest absolute Gasteiger partial charge is 0.254 e. The number of anilines is 2. The Balaban J connectivity index is 1.99. The number of carbonyl (C=O) groups excluding carboxylic acids is 2. The summed E-state index contributed by atoms with van der Waals surface area (Å²) in [6, 6.07) is 7.06. The Morgan fingerprint density at radius 1 is 1.07 bits per heavy atom. The number of nitrogens with one attached hydrogen (secondary N) is 3. The van der Waals surface area contributed by atoms with Gasteiger partial charge in [0.05, 0.1) is 24.1 Å². The van der Waals surface area contributed by atoms with Gasteiger partial charge in [0.2, 0.25) is 15.9 Å². The molecule has 0 unspecified atom stereocenters. The second-order valence-electron chi connectivity index (χ2n) is 5.76. The van der Waals surface area contributed by atoms with Crippen molar-refractivity contribution in [2.24, 2.45) is 0 Å². The van der Waals surface area contributed by atoms with Gasteiger partial charge in [-0.25, -0.2) is 17.2 Å². The fourth-order valence-electron chi connectivity index (χ4n) is 2.14. The second-order valence-corrected chi connectivity index (χ2v) is 7.51. The summed E-state index contributed by atoms with van der Waals surface area (Å²) in [6.07, 6.45) is 1.00. The predicted octanol–water partition coefficient (Wildman–Crippen LogP) is 2.01. The number of benzene rings is 2. The van der Waals surface area contributed by atoms with Crippen molar-refractivity contribution in [3.05, 3.63) is 59.2 Å². The van der Waals surface area contributed by atoms with E-state index in [1.165, 1.54) is 6.07 Å². The lowest BCUT2D eigenvalue weighted by molar-refractivity contribution is -0.115. The van der Waals surface area contributed by atoms with Crippen molar-refractivity contribution in [3.8, 4) is 0 Å². The van der Waals surface area contributed by atoms with Gasteiger partial charge in [0.15, 0.2) is 0 Å². The zero-order chi connectivity index (χ0) is 20.2. The van der Waals surface area contributed by atoms with Crippen LogP contribution in [0.2, 0.25) is 0 Å². The highest BCUT2D eigenvalue weighted by molar-refractivity contribution is 7.92. The number of amides is 2. The molecule has 2 amide bonds. The van der Waals surface area contributed by atoms with E-state index in [1.807, 2.05) is 0 Å². The maximum atomic E-state index is 13.5. The van der Waals surface area contributed by atoms with Crippen LogP contribution >= 0.6 is 0 Å². The van der Waals surface area contributed by atoms with Crippen LogP contribution in [0, 0.1) is 18.6 Å². The van der Waals surface area contributed by atoms with Crippen LogP contribution in [0.3, 0.4) is 0 Å². The number of halogens is 2. The molecule has 0 saturated carbocycles. The minimum absolute atomic E-state index is 0.299. The van der Waals surface area contributed by atoms with Crippen molar-refractivity contribution in [1.82, 2.24) is 5.32 Å². The minimum Gasteiger partial charge on any atom is -0.343 e. The third-order valence-corrected chi connectivity index (χ3v) is 3.99. The van der Waals surface area contributed by atoms with Gasteiger partial charge in [-0.2, -0.15) is 0 Å². The third kappa shape index (κ3) is 6.03. The molecule has 144 valence electrons. The van der Waals surface area contributed by atoms with E-state index in [0.717, 1.165) is 18.4 Å². The van der Waals surface area contributed by atoms with E-state index in [4.69, 9.17) is 0 Å². The summed E-state index contributed by atoms with van der Waals surface area (Å²) < 4.78 is 51.4. The van der Waals surface area contributed by atoms with Crippen molar-refractivity contribution in [2.45, 2.75) is 6.92 Å². The summed E-state index contributed by atoms with van der Waals surface area (Å²) in [4.78, 5) is 23.8. The van der Waals surface area contributed by atoms with Gasteiger partial charge in [-0.15, -0.1) is 0 Å². The molecule has 2 aromatic carbocycles. The lowest BCUT2D eigenvalue weighted by Gasteiger charge is -2.11. The summed E-state index contributed by atoms with van der Waals surface area (Å²) in [5, 5.41) is 4.70. The average Bonchev–Trinajstić information content (AvgIpc) is 2.54. The lowest BCUT2D eigenvalue weighted by atomic mass is 10.2. The second kappa shape index (κ2) is 8.12. The first-order chi connectivity index (χ1) is 12.5. The molecule has 0 bridgehead atoms. The highest BCUT2D eigenvalue weighted by Crippen LogP contribution is 2.21. The summed E-state index contributed by atoms with van der Waals surface area (Å²) >= 11 is 0. The van der Waals surface area contributed by atoms with Crippen LogP contribution in [0.1, 0.15) is 15.9 Å². The van der Waals surface area contributed by atoms with Crippen LogP contribution in [0.4, 0.5) is 20.2 Å². The highest BCUT2D eigenvalue weighted by atomic mass is 32.2. The number of aryl methyl sites for hydroxylation is 1. The summed E-state index contributed by atoms with van der Waals surface area (Å²) in [6.45, 7) is 1.23. The molecule has 0 aromatic heterocycles. The minimum atomic E-state index is -3.49. The Bertz CT molecular complexity index is 994. The van der Waals surface area contributed by atoms with E-state index in [0.29, 0.717) is 23.0 Å². The number of carbonyl (C=O) groups is 2. The van der Waals surface area contributed by atoms with E-state index >= 15 is 0 Å². The number of rotatable bonds is 6. The molecule has 0 saturated heterocycles. The van der Waals surface area contributed by atoms with Gasteiger partial charge >= 0.3 is 0 Å². The first-order valence-corrected chi connectivity index (χ1v) is 9.56. The molecule has 0 heterocycles. The molecule has 7 nitrogen and oxygen atoms in total. The van der Waals surface area contributed by atoms with Gasteiger partial charge in [-0.1, -0.05) is 6.07 Å². The maximum absolute atomic E-state index is 13.5. The van der Waals surface area contributed by atoms with Gasteiger partial charge in [-0.3, -0.25) is 14.3 Å². The van der Waals surface area contributed by atoms with E-state index in [2.05, 4.69) is 15.4 Å². The Kier molecular flexibility index (Phi) is 6.11. The summed E-state index contributed by atoms with van der Waals surface area (Å²) in [5.41, 5.74) is 0.865. The zero-order valence-electron chi connectivity index (χ0n) is 14.5. The molecule has 0 aliphatic carbocycles. The Morgan fingerprint density at radius 2 is 1.78 bits per heavy atom. The number of hydrogen-bond acceptors (Lipinski definition) is 4. The predicted molar refractivity (Wildman–Crippen MR) is 97.0 cm³/mol. The van der Waals surface area contributed by atoms with Crippen LogP contribution in [0.25, 0.3) is 0 Å². The van der Waals surface area contributed by atoms with E-state index in [9.17, 15) is 26.8 Å². The molecule has 2 aromatic rings. The SMILES string of the molecule is Cc1ccc(NC(=O)CNC(=O)c2ccc(F)cc2F)cc1NS(C)(=O)=O. The van der Waals surface area contributed by atoms with Gasteiger partial charge in [0.25, 0.3) is 5.91 Å². The molecule has 0 spiro atoms. The monoisotopic (exact) mass is 397 g/mol. The van der Waals surface area contributed by atoms with Crippen molar-refractivity contribution >= 4 is 33.2 Å². The Hall–Kier alpha value is -3.01. The molecule has 0 fully saturated rings. The largest absolute Gasteiger partial charge is 0.343 e. The number of hydrogen-bond donors (Lipinski definition) is 3. The van der Waals surface area contributed by atoms with E-state index < -0.39 is 40.0 Å². The standard InChI is InChI=1S/C17H17F2N3O4S/c1-10-3-5-12(8-15(10)22-27(2,25)26)21-16(23)9-20-17(24)13-6-4-11(18)7-14(13)19/h3-8,22H,9H2,1-2H3,(H,20,24)(H,21,23). The van der Waals surface area contributed by atoms with Gasteiger partial charge in [0, 0.05) is 11.8 Å². The summed E-state index contributed by atoms with van der Waals surface area (Å²) in [5.74, 6) is -3.34. The molecule has 0 aliphatic rings. The third-order valence-electron chi connectivity index (χ3n) is 3.40. The fraction of sp³-hybridized carbons (Fsp3) is 0.176. The van der Waals surface area contributed by atoms with Gasteiger partial charge in [0.1, 0.15) is 11.6 Å². The van der Waals surface area contributed by atoms with Crippen molar-refractivity contribution in [3.63, 3.8) is 0 Å². The topological polar surface area (TPSA) is 104 Å². The molecule has 0 aliphatic heterocycles. The van der Waals surface area contributed by atoms with Crippen LogP contribution in [0.15, 0.2) is 36.4 Å². The molecule has 0 atom stereocenters. The van der Waals surface area contributed by atoms with Crippen LogP contribution in [0.5, 0.6) is 0 Å². The molecule has 3 N–H and O–H groups in total. The van der Waals surface area contributed by atoms with Gasteiger partial charge < -0.3 is 10.6 Å². The van der Waals surface area contributed by atoms with Crippen LogP contribution in [-0.2, 0) is 14.8 Å². The van der Waals surface area contributed by atoms with Crippen molar-refractivity contribution < 1.29 is 26.8 Å².